The normalized spacial score (nSPS) is 23.7. The maximum Gasteiger partial charge on any atom is 0.0827 e. The highest BCUT2D eigenvalue weighted by Gasteiger charge is 2.29. The first kappa shape index (κ1) is 12.4. The number of nitrogens with zero attached hydrogens (tertiary/aromatic N) is 2. The minimum absolute atomic E-state index is 0.0140. The summed E-state index contributed by atoms with van der Waals surface area (Å²) in [6.07, 6.45) is 2.11. The van der Waals surface area contributed by atoms with Crippen molar-refractivity contribution in [3.8, 4) is 0 Å². The first-order valence-electron chi connectivity index (χ1n) is 6.30. The number of nitrogens with one attached hydrogen (secondary N) is 1. The molecule has 0 saturated carbocycles. The van der Waals surface area contributed by atoms with Gasteiger partial charge in [-0.3, -0.25) is 4.68 Å². The molecule has 4 heteroatoms. The van der Waals surface area contributed by atoms with Crippen molar-refractivity contribution in [1.29, 1.82) is 0 Å². The molecule has 2 rings (SSSR count). The highest BCUT2D eigenvalue weighted by molar-refractivity contribution is 5.52. The van der Waals surface area contributed by atoms with Crippen molar-refractivity contribution in [1.82, 2.24) is 9.78 Å². The van der Waals surface area contributed by atoms with E-state index < -0.39 is 0 Å². The molecule has 4 nitrogen and oxygen atoms in total. The Balaban J connectivity index is 2.10. The Morgan fingerprint density at radius 1 is 1.41 bits per heavy atom. The Bertz CT molecular complexity index is 409. The Morgan fingerprint density at radius 2 is 2.12 bits per heavy atom. The molecule has 1 N–H and O–H groups in total. The predicted octanol–water partition coefficient (Wildman–Crippen LogP) is 2.41. The first-order valence-corrected chi connectivity index (χ1v) is 6.30. The van der Waals surface area contributed by atoms with E-state index in [1.165, 1.54) is 11.4 Å². The molecule has 0 spiro atoms. The molecular weight excluding hydrogens is 214 g/mol. The monoisotopic (exact) mass is 237 g/mol. The smallest absolute Gasteiger partial charge is 0.0827 e. The summed E-state index contributed by atoms with van der Waals surface area (Å²) in [5, 5.41) is 8.07. The summed E-state index contributed by atoms with van der Waals surface area (Å²) in [6, 6.07) is 0.486. The number of aromatic nitrogens is 2. The predicted molar refractivity (Wildman–Crippen MR) is 69.4 cm³/mol. The van der Waals surface area contributed by atoms with Crippen LogP contribution in [0.4, 0.5) is 5.69 Å². The summed E-state index contributed by atoms with van der Waals surface area (Å²) in [4.78, 5) is 0. The molecular formula is C13H23N3O. The Morgan fingerprint density at radius 3 is 2.65 bits per heavy atom. The molecule has 17 heavy (non-hydrogen) atoms. The third kappa shape index (κ3) is 2.63. The van der Waals surface area contributed by atoms with Crippen LogP contribution in [0.1, 0.15) is 38.1 Å². The van der Waals surface area contributed by atoms with Crippen molar-refractivity contribution in [2.75, 3.05) is 11.9 Å². The average molecular weight is 237 g/mol. The summed E-state index contributed by atoms with van der Waals surface area (Å²) in [7, 11) is 1.99. The van der Waals surface area contributed by atoms with Crippen LogP contribution in [0.15, 0.2) is 0 Å². The van der Waals surface area contributed by atoms with Gasteiger partial charge in [0.15, 0.2) is 0 Å². The van der Waals surface area contributed by atoms with Gasteiger partial charge in [0.05, 0.1) is 22.7 Å². The lowest BCUT2D eigenvalue weighted by atomic mass is 9.93. The number of hydrogen-bond donors (Lipinski definition) is 1. The van der Waals surface area contributed by atoms with Gasteiger partial charge < -0.3 is 10.1 Å². The van der Waals surface area contributed by atoms with Crippen LogP contribution < -0.4 is 5.32 Å². The van der Waals surface area contributed by atoms with E-state index in [0.717, 1.165) is 25.1 Å². The summed E-state index contributed by atoms with van der Waals surface area (Å²) < 4.78 is 7.67. The largest absolute Gasteiger partial charge is 0.379 e. The lowest BCUT2D eigenvalue weighted by Gasteiger charge is -2.36. The van der Waals surface area contributed by atoms with Crippen LogP contribution in [-0.2, 0) is 11.8 Å². The van der Waals surface area contributed by atoms with E-state index in [1.54, 1.807) is 0 Å². The third-order valence-corrected chi connectivity index (χ3v) is 3.55. The minimum Gasteiger partial charge on any atom is -0.379 e. The topological polar surface area (TPSA) is 39.1 Å². The Labute approximate surface area is 103 Å². The standard InChI is InChI=1S/C13H23N3O/c1-9-12(10(2)16(5)15-9)14-11-6-7-17-13(3,4)8-11/h11,14H,6-8H2,1-5H3. The van der Waals surface area contributed by atoms with E-state index in [2.05, 4.69) is 38.1 Å². The number of aryl methyl sites for hydroxylation is 2. The van der Waals surface area contributed by atoms with E-state index in [9.17, 15) is 0 Å². The molecule has 1 fully saturated rings. The fourth-order valence-electron chi connectivity index (χ4n) is 2.54. The quantitative estimate of drug-likeness (QED) is 0.858. The highest BCUT2D eigenvalue weighted by Crippen LogP contribution is 2.28. The van der Waals surface area contributed by atoms with Gasteiger partial charge in [-0.1, -0.05) is 0 Å². The van der Waals surface area contributed by atoms with Gasteiger partial charge in [0.1, 0.15) is 0 Å². The SMILES string of the molecule is Cc1nn(C)c(C)c1NC1CCOC(C)(C)C1. The highest BCUT2D eigenvalue weighted by atomic mass is 16.5. The summed E-state index contributed by atoms with van der Waals surface area (Å²) in [6.45, 7) is 9.31. The van der Waals surface area contributed by atoms with Crippen LogP contribution in [-0.4, -0.2) is 28.0 Å². The Hall–Kier alpha value is -1.03. The van der Waals surface area contributed by atoms with Gasteiger partial charge in [0.25, 0.3) is 0 Å². The molecule has 2 heterocycles. The molecule has 1 aliphatic heterocycles. The number of rotatable bonds is 2. The zero-order valence-corrected chi connectivity index (χ0v) is 11.5. The fraction of sp³-hybridized carbons (Fsp3) is 0.769. The van der Waals surface area contributed by atoms with Gasteiger partial charge in [-0.25, -0.2) is 0 Å². The second kappa shape index (κ2) is 4.33. The molecule has 96 valence electrons. The van der Waals surface area contributed by atoms with Gasteiger partial charge in [-0.2, -0.15) is 5.10 Å². The van der Waals surface area contributed by atoms with Gasteiger partial charge >= 0.3 is 0 Å². The summed E-state index contributed by atoms with van der Waals surface area (Å²) in [5.41, 5.74) is 3.45. The van der Waals surface area contributed by atoms with Crippen molar-refractivity contribution < 1.29 is 4.74 Å². The number of ether oxygens (including phenoxy) is 1. The van der Waals surface area contributed by atoms with Gasteiger partial charge in [-0.15, -0.1) is 0 Å². The average Bonchev–Trinajstić information content (AvgIpc) is 2.44. The molecule has 1 unspecified atom stereocenters. The van der Waals surface area contributed by atoms with E-state index >= 15 is 0 Å². The van der Waals surface area contributed by atoms with Crippen LogP contribution in [0.2, 0.25) is 0 Å². The van der Waals surface area contributed by atoms with Crippen molar-refractivity contribution >= 4 is 5.69 Å². The van der Waals surface area contributed by atoms with E-state index in [-0.39, 0.29) is 5.60 Å². The zero-order chi connectivity index (χ0) is 12.6. The first-order chi connectivity index (χ1) is 7.89. The lowest BCUT2D eigenvalue weighted by Crippen LogP contribution is -2.40. The van der Waals surface area contributed by atoms with Crippen LogP contribution in [0, 0.1) is 13.8 Å². The van der Waals surface area contributed by atoms with Gasteiger partial charge in [0, 0.05) is 19.7 Å². The maximum absolute atomic E-state index is 5.74. The molecule has 0 aromatic carbocycles. The van der Waals surface area contributed by atoms with Crippen molar-refractivity contribution in [2.45, 2.75) is 52.2 Å². The van der Waals surface area contributed by atoms with E-state index in [0.29, 0.717) is 6.04 Å². The van der Waals surface area contributed by atoms with Crippen molar-refractivity contribution in [3.05, 3.63) is 11.4 Å². The van der Waals surface area contributed by atoms with E-state index in [4.69, 9.17) is 4.74 Å². The van der Waals surface area contributed by atoms with Crippen molar-refractivity contribution in [2.24, 2.45) is 7.05 Å². The summed E-state index contributed by atoms with van der Waals surface area (Å²) >= 11 is 0. The molecule has 0 amide bonds. The van der Waals surface area contributed by atoms with Gasteiger partial charge in [-0.05, 0) is 40.5 Å². The van der Waals surface area contributed by atoms with Gasteiger partial charge in [0.2, 0.25) is 0 Å². The summed E-state index contributed by atoms with van der Waals surface area (Å²) in [5.74, 6) is 0. The van der Waals surface area contributed by atoms with Crippen LogP contribution >= 0.6 is 0 Å². The molecule has 1 atom stereocenters. The molecule has 1 aromatic heterocycles. The van der Waals surface area contributed by atoms with Crippen LogP contribution in [0.3, 0.4) is 0 Å². The molecule has 1 aromatic rings. The number of anilines is 1. The maximum atomic E-state index is 5.74. The Kier molecular flexibility index (Phi) is 3.17. The second-order valence-corrected chi connectivity index (χ2v) is 5.61. The second-order valence-electron chi connectivity index (χ2n) is 5.61. The van der Waals surface area contributed by atoms with E-state index in [1.807, 2.05) is 11.7 Å². The molecule has 0 radical (unpaired) electrons. The minimum atomic E-state index is -0.0140. The molecule has 0 bridgehead atoms. The number of hydrogen-bond acceptors (Lipinski definition) is 3. The lowest BCUT2D eigenvalue weighted by molar-refractivity contribution is -0.0553. The molecule has 1 aliphatic rings. The van der Waals surface area contributed by atoms with Crippen LogP contribution in [0.25, 0.3) is 0 Å². The van der Waals surface area contributed by atoms with Crippen LogP contribution in [0.5, 0.6) is 0 Å². The molecule has 0 aliphatic carbocycles. The molecule has 1 saturated heterocycles. The zero-order valence-electron chi connectivity index (χ0n) is 11.5. The fourth-order valence-corrected chi connectivity index (χ4v) is 2.54. The van der Waals surface area contributed by atoms with Crippen molar-refractivity contribution in [3.63, 3.8) is 0 Å². The third-order valence-electron chi connectivity index (χ3n) is 3.55.